The Balaban J connectivity index is 1.02. The molecule has 7 aromatic rings. The number of allylic oxidation sites excluding steroid dienone is 1. The highest BCUT2D eigenvalue weighted by Gasteiger charge is 2.36. The van der Waals surface area contributed by atoms with Crippen molar-refractivity contribution >= 4 is 27.7 Å². The molecule has 0 saturated carbocycles. The van der Waals surface area contributed by atoms with E-state index in [4.69, 9.17) is 9.98 Å². The highest BCUT2D eigenvalue weighted by molar-refractivity contribution is 6.35. The Hall–Kier alpha value is -5.86. The van der Waals surface area contributed by atoms with Crippen molar-refractivity contribution in [3.05, 3.63) is 174 Å². The van der Waals surface area contributed by atoms with E-state index >= 15 is 0 Å². The van der Waals surface area contributed by atoms with Gasteiger partial charge < -0.3 is 0 Å². The van der Waals surface area contributed by atoms with Gasteiger partial charge >= 0.3 is 0 Å². The van der Waals surface area contributed by atoms with Crippen LogP contribution in [-0.2, 0) is 5.41 Å². The molecule has 6 aromatic carbocycles. The zero-order chi connectivity index (χ0) is 31.7. The molecule has 0 radical (unpaired) electrons. The Morgan fingerprint density at radius 1 is 0.468 bits per heavy atom. The normalized spacial score (nSPS) is 14.1. The Morgan fingerprint density at radius 3 is 1.79 bits per heavy atom. The Morgan fingerprint density at radius 2 is 1.04 bits per heavy atom. The molecule has 222 valence electrons. The molecule has 0 amide bonds. The lowest BCUT2D eigenvalue weighted by molar-refractivity contribution is 0.661. The number of fused-ring (bicyclic) bond motifs is 5. The van der Waals surface area contributed by atoms with Gasteiger partial charge in [-0.3, -0.25) is 0 Å². The monoisotopic (exact) mass is 600 g/mol. The first-order valence-electron chi connectivity index (χ1n) is 16.2. The van der Waals surface area contributed by atoms with E-state index in [0.717, 1.165) is 50.6 Å². The molecule has 0 N–H and O–H groups in total. The molecule has 0 spiro atoms. The minimum atomic E-state index is -0.144. The number of pyridine rings is 1. The summed E-state index contributed by atoms with van der Waals surface area (Å²) in [6, 6.07) is 52.1. The highest BCUT2D eigenvalue weighted by Crippen LogP contribution is 2.50. The number of benzene rings is 6. The summed E-state index contributed by atoms with van der Waals surface area (Å²) in [6.45, 7) is 9.01. The molecular weight excluding hydrogens is 569 g/mol. The average molecular weight is 601 g/mol. The van der Waals surface area contributed by atoms with E-state index in [1.807, 2.05) is 12.1 Å². The van der Waals surface area contributed by atoms with Gasteiger partial charge in [-0.1, -0.05) is 130 Å². The van der Waals surface area contributed by atoms with Crippen molar-refractivity contribution in [1.29, 1.82) is 0 Å². The summed E-state index contributed by atoms with van der Waals surface area (Å²) in [5.74, 6) is 0. The van der Waals surface area contributed by atoms with Crippen LogP contribution in [0.25, 0.3) is 61.1 Å². The van der Waals surface area contributed by atoms with Gasteiger partial charge in [0.2, 0.25) is 0 Å². The molecule has 0 atom stereocenters. The van der Waals surface area contributed by atoms with Crippen LogP contribution in [0.4, 0.5) is 5.69 Å². The lowest BCUT2D eigenvalue weighted by Crippen LogP contribution is -2.15. The van der Waals surface area contributed by atoms with E-state index in [-0.39, 0.29) is 5.41 Å². The number of nitrogens with zero attached hydrogens (tertiary/aromatic N) is 2. The van der Waals surface area contributed by atoms with Crippen LogP contribution >= 0.6 is 0 Å². The van der Waals surface area contributed by atoms with Gasteiger partial charge in [-0.25, -0.2) is 9.98 Å². The Bertz CT molecular complexity index is 2440. The molecule has 2 heterocycles. The number of rotatable bonds is 4. The molecule has 2 nitrogen and oxygen atoms in total. The molecule has 1 aliphatic heterocycles. The van der Waals surface area contributed by atoms with Crippen molar-refractivity contribution < 1.29 is 0 Å². The lowest BCUT2D eigenvalue weighted by atomic mass is 9.81. The maximum atomic E-state index is 5.13. The van der Waals surface area contributed by atoms with Crippen molar-refractivity contribution in [2.75, 3.05) is 0 Å². The summed E-state index contributed by atoms with van der Waals surface area (Å²) in [7, 11) is 0. The fourth-order valence-electron chi connectivity index (χ4n) is 7.38. The number of aromatic nitrogens is 1. The molecule has 2 aliphatic rings. The first kappa shape index (κ1) is 27.5. The zero-order valence-corrected chi connectivity index (χ0v) is 26.5. The van der Waals surface area contributed by atoms with Crippen LogP contribution in [0, 0.1) is 0 Å². The lowest BCUT2D eigenvalue weighted by Gasteiger charge is -2.22. The summed E-state index contributed by atoms with van der Waals surface area (Å²) in [4.78, 5) is 10.0. The molecule has 2 heteroatoms. The third kappa shape index (κ3) is 4.40. The van der Waals surface area contributed by atoms with Crippen molar-refractivity contribution in [2.24, 2.45) is 4.99 Å². The number of hydrogen-bond donors (Lipinski definition) is 0. The van der Waals surface area contributed by atoms with Gasteiger partial charge in [0.1, 0.15) is 0 Å². The van der Waals surface area contributed by atoms with E-state index in [2.05, 4.69) is 154 Å². The van der Waals surface area contributed by atoms with Gasteiger partial charge in [0.05, 0.1) is 22.8 Å². The maximum absolute atomic E-state index is 5.13. The van der Waals surface area contributed by atoms with Crippen molar-refractivity contribution in [3.63, 3.8) is 0 Å². The van der Waals surface area contributed by atoms with Crippen LogP contribution in [-0.4, -0.2) is 10.7 Å². The van der Waals surface area contributed by atoms with Crippen LogP contribution < -0.4 is 0 Å². The van der Waals surface area contributed by atoms with Crippen molar-refractivity contribution in [3.8, 4) is 44.8 Å². The van der Waals surface area contributed by atoms with Crippen LogP contribution in [0.2, 0.25) is 0 Å². The van der Waals surface area contributed by atoms with Crippen LogP contribution in [0.15, 0.2) is 157 Å². The molecular formula is C45H32N2. The molecule has 47 heavy (non-hydrogen) atoms. The van der Waals surface area contributed by atoms with Gasteiger partial charge in [0.15, 0.2) is 0 Å². The molecule has 1 aliphatic carbocycles. The minimum absolute atomic E-state index is 0.144. The fraction of sp³-hybridized carbons (Fsp3) is 0.0667. The molecule has 1 aromatic heterocycles. The van der Waals surface area contributed by atoms with E-state index in [1.54, 1.807) is 0 Å². The number of hydrogen-bond acceptors (Lipinski definition) is 2. The van der Waals surface area contributed by atoms with Gasteiger partial charge in [0.25, 0.3) is 0 Å². The zero-order valence-electron chi connectivity index (χ0n) is 26.5. The first-order valence-corrected chi connectivity index (χ1v) is 16.2. The summed E-state index contributed by atoms with van der Waals surface area (Å²) >= 11 is 0. The predicted octanol–water partition coefficient (Wildman–Crippen LogP) is 11.7. The van der Waals surface area contributed by atoms with Crippen molar-refractivity contribution in [1.82, 2.24) is 4.98 Å². The molecule has 9 rings (SSSR count). The maximum Gasteiger partial charge on any atom is 0.0782 e. The third-order valence-electron chi connectivity index (χ3n) is 10.0. The number of aliphatic imine (C=N–C) groups is 1. The second-order valence-corrected chi connectivity index (χ2v) is 13.1. The van der Waals surface area contributed by atoms with Gasteiger partial charge in [-0.05, 0) is 80.6 Å². The van der Waals surface area contributed by atoms with E-state index in [1.165, 1.54) is 44.2 Å². The van der Waals surface area contributed by atoms with Gasteiger partial charge in [-0.15, -0.1) is 0 Å². The Labute approximate surface area is 275 Å². The quantitative estimate of drug-likeness (QED) is 0.197. The fourth-order valence-corrected chi connectivity index (χ4v) is 7.38. The number of para-hydroxylation sites is 1. The van der Waals surface area contributed by atoms with E-state index in [0.29, 0.717) is 0 Å². The molecule has 0 fully saturated rings. The summed E-state index contributed by atoms with van der Waals surface area (Å²) in [5, 5.41) is 2.47. The minimum Gasteiger partial charge on any atom is -0.248 e. The second-order valence-electron chi connectivity index (χ2n) is 13.1. The summed E-state index contributed by atoms with van der Waals surface area (Å²) in [6.07, 6.45) is 0. The van der Waals surface area contributed by atoms with Crippen LogP contribution in [0.5, 0.6) is 0 Å². The summed E-state index contributed by atoms with van der Waals surface area (Å²) < 4.78 is 0. The van der Waals surface area contributed by atoms with Gasteiger partial charge in [0, 0.05) is 33.2 Å². The van der Waals surface area contributed by atoms with Crippen LogP contribution in [0.3, 0.4) is 0 Å². The molecule has 0 saturated heterocycles. The topological polar surface area (TPSA) is 25.2 Å². The molecule has 0 bridgehead atoms. The van der Waals surface area contributed by atoms with E-state index in [9.17, 15) is 0 Å². The van der Waals surface area contributed by atoms with Crippen LogP contribution in [0.1, 0.15) is 36.1 Å². The van der Waals surface area contributed by atoms with Gasteiger partial charge in [-0.2, -0.15) is 0 Å². The standard InChI is InChI=1S/C45H32N2/c1-28-36-11-6-7-12-43(36)47-44(28)31-18-15-30(16-19-31)33-21-23-37-38-24-22-35(27-40(38)45(2,3)39(37)26-33)42-14-8-13-41(46-42)34-20-17-29-9-4-5-10-32(29)25-34/h4-27H,1H2,2-3H3. The largest absolute Gasteiger partial charge is 0.248 e. The average Bonchev–Trinajstić information content (AvgIpc) is 3.58. The predicted molar refractivity (Wildman–Crippen MR) is 197 cm³/mol. The second kappa shape index (κ2) is 10.3. The summed E-state index contributed by atoms with van der Waals surface area (Å²) in [5.41, 5.74) is 17.0. The van der Waals surface area contributed by atoms with E-state index < -0.39 is 0 Å². The third-order valence-corrected chi connectivity index (χ3v) is 10.0. The molecule has 0 unspecified atom stereocenters. The Kier molecular flexibility index (Phi) is 6.04. The SMILES string of the molecule is C=C1C(c2ccc(-c3ccc4c(c3)C(C)(C)c3cc(-c5cccc(-c6ccc7ccccc7c6)n5)ccc3-4)cc2)=Nc2ccccc21. The first-order chi connectivity index (χ1) is 22.9. The highest BCUT2D eigenvalue weighted by atomic mass is 14.8. The van der Waals surface area contributed by atoms with Crippen molar-refractivity contribution in [2.45, 2.75) is 19.3 Å². The smallest absolute Gasteiger partial charge is 0.0782 e.